The van der Waals surface area contributed by atoms with E-state index >= 15 is 0 Å². The molecule has 7 nitrogen and oxygen atoms in total. The first-order valence-corrected chi connectivity index (χ1v) is 18.3. The van der Waals surface area contributed by atoms with Crippen LogP contribution in [-0.2, 0) is 39.0 Å². The topological polar surface area (TPSA) is 86.8 Å². The minimum atomic E-state index is -3.59. The van der Waals surface area contributed by atoms with Gasteiger partial charge in [0.2, 0.25) is 21.8 Å². The Kier molecular flexibility index (Phi) is 12.7. The van der Waals surface area contributed by atoms with Gasteiger partial charge in [-0.2, -0.15) is 0 Å². The van der Waals surface area contributed by atoms with Gasteiger partial charge < -0.3 is 10.2 Å². The molecule has 2 amide bonds. The number of nitrogens with zero attached hydrogens (tertiary/aromatic N) is 2. The number of carbonyl (C=O) groups is 2. The minimum Gasteiger partial charge on any atom is -0.352 e. The normalized spacial score (nSPS) is 14.5. The fourth-order valence-corrected chi connectivity index (χ4v) is 7.34. The molecule has 1 atom stereocenters. The maximum atomic E-state index is 14.1. The van der Waals surface area contributed by atoms with Crippen molar-refractivity contribution in [3.63, 3.8) is 0 Å². The van der Waals surface area contributed by atoms with Crippen molar-refractivity contribution < 1.29 is 18.0 Å². The van der Waals surface area contributed by atoms with E-state index in [2.05, 4.69) is 5.32 Å². The summed E-state index contributed by atoms with van der Waals surface area (Å²) in [4.78, 5) is 29.7. The van der Waals surface area contributed by atoms with Gasteiger partial charge in [0.25, 0.3) is 0 Å². The average molecular weight is 673 g/mol. The van der Waals surface area contributed by atoms with Crippen molar-refractivity contribution in [1.29, 1.82) is 0 Å². The molecular formula is C35H43Cl2N3O4S. The van der Waals surface area contributed by atoms with Gasteiger partial charge in [-0.1, -0.05) is 97.9 Å². The SMILES string of the molecule is CCc1ccc(N(CCCC(=O)N(Cc2c(Cl)cccc2Cl)[C@@H](Cc2ccccc2)C(=O)NC2CCCCC2)S(C)(=O)=O)cc1. The highest BCUT2D eigenvalue weighted by molar-refractivity contribution is 7.92. The van der Waals surface area contributed by atoms with Crippen LogP contribution in [-0.4, -0.2) is 50.0 Å². The summed E-state index contributed by atoms with van der Waals surface area (Å²) < 4.78 is 26.8. The van der Waals surface area contributed by atoms with E-state index in [1.165, 1.54) is 10.6 Å². The summed E-state index contributed by atoms with van der Waals surface area (Å²) in [5, 5.41) is 4.04. The summed E-state index contributed by atoms with van der Waals surface area (Å²) >= 11 is 13.1. The van der Waals surface area contributed by atoms with E-state index < -0.39 is 16.1 Å². The molecule has 1 aliphatic rings. The number of carbonyl (C=O) groups excluding carboxylic acids is 2. The van der Waals surface area contributed by atoms with Crippen LogP contribution in [0.3, 0.4) is 0 Å². The van der Waals surface area contributed by atoms with Crippen LogP contribution in [0.25, 0.3) is 0 Å². The van der Waals surface area contributed by atoms with Crippen LogP contribution in [0.15, 0.2) is 72.8 Å². The highest BCUT2D eigenvalue weighted by atomic mass is 35.5. The number of hydrogen-bond donors (Lipinski definition) is 1. The van der Waals surface area contributed by atoms with Gasteiger partial charge in [0.05, 0.1) is 11.9 Å². The van der Waals surface area contributed by atoms with E-state index in [4.69, 9.17) is 23.2 Å². The van der Waals surface area contributed by atoms with Crippen molar-refractivity contribution in [2.75, 3.05) is 17.1 Å². The molecule has 0 aromatic heterocycles. The van der Waals surface area contributed by atoms with Crippen molar-refractivity contribution in [1.82, 2.24) is 10.2 Å². The van der Waals surface area contributed by atoms with Gasteiger partial charge in [0.1, 0.15) is 6.04 Å². The summed E-state index contributed by atoms with van der Waals surface area (Å²) in [5.41, 5.74) is 3.14. The lowest BCUT2D eigenvalue weighted by atomic mass is 9.94. The lowest BCUT2D eigenvalue weighted by Gasteiger charge is -2.34. The van der Waals surface area contributed by atoms with Gasteiger partial charge in [0, 0.05) is 47.6 Å². The van der Waals surface area contributed by atoms with E-state index in [0.717, 1.165) is 49.7 Å². The van der Waals surface area contributed by atoms with E-state index in [1.807, 2.05) is 49.4 Å². The maximum absolute atomic E-state index is 14.1. The van der Waals surface area contributed by atoms with Crippen LogP contribution in [0.5, 0.6) is 0 Å². The van der Waals surface area contributed by atoms with Crippen LogP contribution in [0.1, 0.15) is 68.6 Å². The zero-order chi connectivity index (χ0) is 32.4. The fourth-order valence-electron chi connectivity index (χ4n) is 5.85. The van der Waals surface area contributed by atoms with Gasteiger partial charge in [-0.05, 0) is 61.1 Å². The molecule has 10 heteroatoms. The molecule has 0 aliphatic heterocycles. The molecule has 0 unspecified atom stereocenters. The molecule has 4 rings (SSSR count). The minimum absolute atomic E-state index is 0.0309. The molecule has 3 aromatic rings. The molecule has 1 fully saturated rings. The fraction of sp³-hybridized carbons (Fsp3) is 0.429. The Balaban J connectivity index is 1.61. The Morgan fingerprint density at radius 1 is 0.889 bits per heavy atom. The molecule has 0 spiro atoms. The van der Waals surface area contributed by atoms with Crippen molar-refractivity contribution in [3.8, 4) is 0 Å². The Morgan fingerprint density at radius 3 is 2.13 bits per heavy atom. The van der Waals surface area contributed by atoms with Gasteiger partial charge >= 0.3 is 0 Å². The first kappa shape index (κ1) is 34.8. The van der Waals surface area contributed by atoms with E-state index in [1.54, 1.807) is 35.2 Å². The van der Waals surface area contributed by atoms with Crippen LogP contribution < -0.4 is 9.62 Å². The zero-order valence-corrected chi connectivity index (χ0v) is 28.4. The Morgan fingerprint density at radius 2 is 1.53 bits per heavy atom. The monoisotopic (exact) mass is 671 g/mol. The average Bonchev–Trinajstić information content (AvgIpc) is 3.02. The summed E-state index contributed by atoms with van der Waals surface area (Å²) in [6.07, 6.45) is 7.71. The van der Waals surface area contributed by atoms with E-state index in [0.29, 0.717) is 27.7 Å². The number of aryl methyl sites for hydroxylation is 1. The molecule has 0 saturated heterocycles. The quantitative estimate of drug-likeness (QED) is 0.197. The second kappa shape index (κ2) is 16.5. The van der Waals surface area contributed by atoms with E-state index in [9.17, 15) is 18.0 Å². The van der Waals surface area contributed by atoms with Crippen molar-refractivity contribution in [3.05, 3.63) is 99.5 Å². The van der Waals surface area contributed by atoms with Crippen LogP contribution in [0.4, 0.5) is 5.69 Å². The number of rotatable bonds is 14. The van der Waals surface area contributed by atoms with Crippen molar-refractivity contribution >= 4 is 50.7 Å². The summed E-state index contributed by atoms with van der Waals surface area (Å²) in [6, 6.07) is 21.4. The first-order valence-electron chi connectivity index (χ1n) is 15.7. The molecule has 242 valence electrons. The smallest absolute Gasteiger partial charge is 0.243 e. The lowest BCUT2D eigenvalue weighted by molar-refractivity contribution is -0.141. The molecule has 0 heterocycles. The molecule has 1 N–H and O–H groups in total. The largest absolute Gasteiger partial charge is 0.352 e. The predicted octanol–water partition coefficient (Wildman–Crippen LogP) is 7.19. The number of hydrogen-bond acceptors (Lipinski definition) is 4. The summed E-state index contributed by atoms with van der Waals surface area (Å²) in [5.74, 6) is -0.489. The summed E-state index contributed by atoms with van der Waals surface area (Å²) in [7, 11) is -3.59. The molecular weight excluding hydrogens is 629 g/mol. The molecule has 3 aromatic carbocycles. The number of benzene rings is 3. The Labute approximate surface area is 278 Å². The van der Waals surface area contributed by atoms with Crippen molar-refractivity contribution in [2.45, 2.75) is 83.3 Å². The maximum Gasteiger partial charge on any atom is 0.243 e. The van der Waals surface area contributed by atoms with Crippen LogP contribution in [0, 0.1) is 0 Å². The molecule has 0 bridgehead atoms. The van der Waals surface area contributed by atoms with Gasteiger partial charge in [-0.25, -0.2) is 8.42 Å². The molecule has 0 radical (unpaired) electrons. The second-order valence-corrected chi connectivity index (χ2v) is 14.5. The predicted molar refractivity (Wildman–Crippen MR) is 183 cm³/mol. The highest BCUT2D eigenvalue weighted by Gasteiger charge is 2.33. The molecule has 45 heavy (non-hydrogen) atoms. The standard InChI is InChI=1S/C35H43Cl2N3O4S/c1-3-26-19-21-29(22-20-26)40(45(2,43)44)23-11-18-34(41)39(25-30-31(36)16-10-17-32(30)37)33(24-27-12-6-4-7-13-27)35(42)38-28-14-8-5-9-15-28/h4,6-7,10,12-13,16-17,19-22,28,33H,3,5,8-9,11,14-15,18,23-25H2,1-2H3,(H,38,42)/t33-/m0/s1. The molecule has 1 aliphatic carbocycles. The van der Waals surface area contributed by atoms with Gasteiger partial charge in [-0.3, -0.25) is 13.9 Å². The summed E-state index contributed by atoms with van der Waals surface area (Å²) in [6.45, 7) is 2.20. The lowest BCUT2D eigenvalue weighted by Crippen LogP contribution is -2.53. The third kappa shape index (κ3) is 9.96. The van der Waals surface area contributed by atoms with Crippen LogP contribution >= 0.6 is 23.2 Å². The number of nitrogens with one attached hydrogen (secondary N) is 1. The van der Waals surface area contributed by atoms with Crippen molar-refractivity contribution in [2.24, 2.45) is 0 Å². The first-order chi connectivity index (χ1) is 21.6. The Bertz CT molecular complexity index is 1510. The van der Waals surface area contributed by atoms with Crippen LogP contribution in [0.2, 0.25) is 10.0 Å². The zero-order valence-electron chi connectivity index (χ0n) is 26.1. The Hall–Kier alpha value is -3.07. The number of sulfonamides is 1. The molecule has 1 saturated carbocycles. The second-order valence-electron chi connectivity index (χ2n) is 11.7. The number of anilines is 1. The van der Waals surface area contributed by atoms with E-state index in [-0.39, 0.29) is 43.8 Å². The van der Waals surface area contributed by atoms with Gasteiger partial charge in [-0.15, -0.1) is 0 Å². The van der Waals surface area contributed by atoms with Gasteiger partial charge in [0.15, 0.2) is 0 Å². The number of halogens is 2. The third-order valence-corrected chi connectivity index (χ3v) is 10.3. The number of amides is 2. The third-order valence-electron chi connectivity index (χ3n) is 8.40. The highest BCUT2D eigenvalue weighted by Crippen LogP contribution is 2.28.